The minimum absolute atomic E-state index is 0.0942. The Labute approximate surface area is 126 Å². The molecule has 1 aromatic heterocycles. The smallest absolute Gasteiger partial charge is 0.113 e. The van der Waals surface area contributed by atoms with Crippen molar-refractivity contribution < 1.29 is 0 Å². The number of aryl methyl sites for hydroxylation is 1. The van der Waals surface area contributed by atoms with E-state index in [4.69, 9.17) is 10.7 Å². The van der Waals surface area contributed by atoms with Crippen LogP contribution >= 0.6 is 11.3 Å². The lowest BCUT2D eigenvalue weighted by Gasteiger charge is -2.32. The van der Waals surface area contributed by atoms with Crippen molar-refractivity contribution in [2.24, 2.45) is 11.1 Å². The van der Waals surface area contributed by atoms with Crippen molar-refractivity contribution >= 4 is 11.3 Å². The summed E-state index contributed by atoms with van der Waals surface area (Å²) in [7, 11) is 0. The van der Waals surface area contributed by atoms with Gasteiger partial charge < -0.3 is 5.73 Å². The van der Waals surface area contributed by atoms with Crippen molar-refractivity contribution in [1.82, 2.24) is 4.98 Å². The van der Waals surface area contributed by atoms with E-state index in [1.165, 1.54) is 74.9 Å². The third-order valence-electron chi connectivity index (χ3n) is 6.04. The Morgan fingerprint density at radius 3 is 2.35 bits per heavy atom. The first-order valence-electron chi connectivity index (χ1n) is 8.47. The molecule has 3 aliphatic rings. The molecule has 1 aromatic rings. The predicted octanol–water partition coefficient (Wildman–Crippen LogP) is 4.31. The van der Waals surface area contributed by atoms with Gasteiger partial charge in [0.05, 0.1) is 11.2 Å². The van der Waals surface area contributed by atoms with E-state index in [0.717, 1.165) is 12.8 Å². The van der Waals surface area contributed by atoms with Gasteiger partial charge in [-0.1, -0.05) is 32.1 Å². The summed E-state index contributed by atoms with van der Waals surface area (Å²) in [6.45, 7) is 0. The first-order valence-corrected chi connectivity index (χ1v) is 9.29. The highest BCUT2D eigenvalue weighted by atomic mass is 32.1. The van der Waals surface area contributed by atoms with Crippen LogP contribution in [0.4, 0.5) is 0 Å². The average Bonchev–Trinajstić information content (AvgIpc) is 3.07. The van der Waals surface area contributed by atoms with E-state index in [1.54, 1.807) is 4.88 Å². The summed E-state index contributed by atoms with van der Waals surface area (Å²) in [5.41, 5.74) is 8.64. The lowest BCUT2D eigenvalue weighted by atomic mass is 9.74. The summed E-state index contributed by atoms with van der Waals surface area (Å²) in [5.74, 6) is 0. The van der Waals surface area contributed by atoms with Gasteiger partial charge in [0.1, 0.15) is 5.01 Å². The predicted molar refractivity (Wildman–Crippen MR) is 84.0 cm³/mol. The molecule has 0 unspecified atom stereocenters. The largest absolute Gasteiger partial charge is 0.319 e. The monoisotopic (exact) mass is 290 g/mol. The van der Waals surface area contributed by atoms with Gasteiger partial charge >= 0.3 is 0 Å². The fourth-order valence-corrected chi connectivity index (χ4v) is 6.13. The quantitative estimate of drug-likeness (QED) is 0.837. The summed E-state index contributed by atoms with van der Waals surface area (Å²) >= 11 is 1.97. The molecule has 0 aliphatic heterocycles. The molecule has 0 amide bonds. The fraction of sp³-hybridized carbons (Fsp3) is 0.824. The fourth-order valence-electron chi connectivity index (χ4n) is 4.69. The van der Waals surface area contributed by atoms with E-state index in [2.05, 4.69) is 0 Å². The summed E-state index contributed by atoms with van der Waals surface area (Å²) in [5, 5.41) is 1.26. The lowest BCUT2D eigenvalue weighted by Crippen LogP contribution is -2.38. The standard InChI is InChI=1S/C17H26N2S/c18-17(9-2-1-3-10-17)15-19-13-6-11-16(7-4-5-8-16)12-14(13)20-15/h1-12,18H2. The molecule has 1 heterocycles. The van der Waals surface area contributed by atoms with Gasteiger partial charge in [0, 0.05) is 4.88 Å². The van der Waals surface area contributed by atoms with Crippen LogP contribution in [-0.4, -0.2) is 4.98 Å². The van der Waals surface area contributed by atoms with Gasteiger partial charge in [-0.15, -0.1) is 11.3 Å². The van der Waals surface area contributed by atoms with Gasteiger partial charge in [-0.2, -0.15) is 0 Å². The summed E-state index contributed by atoms with van der Waals surface area (Å²) < 4.78 is 0. The molecule has 0 saturated heterocycles. The van der Waals surface area contributed by atoms with E-state index < -0.39 is 0 Å². The van der Waals surface area contributed by atoms with Crippen LogP contribution in [0.5, 0.6) is 0 Å². The minimum atomic E-state index is -0.0942. The molecular weight excluding hydrogens is 264 g/mol. The van der Waals surface area contributed by atoms with E-state index >= 15 is 0 Å². The van der Waals surface area contributed by atoms with E-state index in [1.807, 2.05) is 11.3 Å². The number of rotatable bonds is 1. The second-order valence-electron chi connectivity index (χ2n) is 7.49. The molecule has 4 rings (SSSR count). The topological polar surface area (TPSA) is 38.9 Å². The van der Waals surface area contributed by atoms with Gasteiger partial charge in [0.25, 0.3) is 0 Å². The third-order valence-corrected chi connectivity index (χ3v) is 7.36. The van der Waals surface area contributed by atoms with Gasteiger partial charge in [-0.25, -0.2) is 4.98 Å². The number of nitrogens with two attached hydrogens (primary N) is 1. The molecule has 0 radical (unpaired) electrons. The Morgan fingerprint density at radius 2 is 1.60 bits per heavy atom. The van der Waals surface area contributed by atoms with Crippen molar-refractivity contribution in [3.05, 3.63) is 15.6 Å². The number of hydrogen-bond donors (Lipinski definition) is 1. The summed E-state index contributed by atoms with van der Waals surface area (Å²) in [6, 6.07) is 0. The molecule has 3 heteroatoms. The average molecular weight is 290 g/mol. The van der Waals surface area contributed by atoms with Crippen LogP contribution < -0.4 is 5.73 Å². The molecule has 20 heavy (non-hydrogen) atoms. The highest BCUT2D eigenvalue weighted by Gasteiger charge is 2.40. The summed E-state index contributed by atoms with van der Waals surface area (Å²) in [6.07, 6.45) is 15.9. The van der Waals surface area contributed by atoms with Gasteiger partial charge in [-0.3, -0.25) is 0 Å². The Hall–Kier alpha value is -0.410. The van der Waals surface area contributed by atoms with Gasteiger partial charge in [-0.05, 0) is 50.4 Å². The second kappa shape index (κ2) is 4.81. The number of nitrogens with zero attached hydrogens (tertiary/aromatic N) is 1. The summed E-state index contributed by atoms with van der Waals surface area (Å²) in [4.78, 5) is 6.58. The molecule has 0 bridgehead atoms. The molecule has 0 aromatic carbocycles. The van der Waals surface area contributed by atoms with Gasteiger partial charge in [0.15, 0.2) is 0 Å². The number of aromatic nitrogens is 1. The molecule has 110 valence electrons. The number of thiazole rings is 1. The van der Waals surface area contributed by atoms with E-state index in [9.17, 15) is 0 Å². The number of fused-ring (bicyclic) bond motifs is 1. The zero-order chi connectivity index (χ0) is 13.6. The third kappa shape index (κ3) is 2.14. The Morgan fingerprint density at radius 1 is 0.900 bits per heavy atom. The maximum Gasteiger partial charge on any atom is 0.113 e. The molecule has 1 spiro atoms. The van der Waals surface area contributed by atoms with Crippen molar-refractivity contribution in [3.8, 4) is 0 Å². The van der Waals surface area contributed by atoms with Crippen LogP contribution in [0, 0.1) is 5.41 Å². The van der Waals surface area contributed by atoms with Crippen molar-refractivity contribution in [2.45, 2.75) is 82.6 Å². The second-order valence-corrected chi connectivity index (χ2v) is 8.57. The highest BCUT2D eigenvalue weighted by molar-refractivity contribution is 7.11. The molecule has 2 N–H and O–H groups in total. The molecular formula is C17H26N2S. The van der Waals surface area contributed by atoms with Crippen molar-refractivity contribution in [3.63, 3.8) is 0 Å². The Balaban J connectivity index is 1.61. The highest BCUT2D eigenvalue weighted by Crippen LogP contribution is 2.50. The van der Waals surface area contributed by atoms with Crippen LogP contribution in [0.25, 0.3) is 0 Å². The molecule has 2 nitrogen and oxygen atoms in total. The lowest BCUT2D eigenvalue weighted by molar-refractivity contribution is 0.255. The first kappa shape index (κ1) is 13.3. The molecule has 3 aliphatic carbocycles. The van der Waals surface area contributed by atoms with E-state index in [0.29, 0.717) is 5.41 Å². The van der Waals surface area contributed by atoms with Crippen LogP contribution in [-0.2, 0) is 18.4 Å². The van der Waals surface area contributed by atoms with Crippen LogP contribution in [0.2, 0.25) is 0 Å². The van der Waals surface area contributed by atoms with Crippen LogP contribution in [0.15, 0.2) is 0 Å². The van der Waals surface area contributed by atoms with E-state index in [-0.39, 0.29) is 5.54 Å². The maximum absolute atomic E-state index is 6.69. The first-order chi connectivity index (χ1) is 9.69. The van der Waals surface area contributed by atoms with Gasteiger partial charge in [0.2, 0.25) is 0 Å². The van der Waals surface area contributed by atoms with Crippen molar-refractivity contribution in [1.29, 1.82) is 0 Å². The Bertz CT molecular complexity index is 493. The van der Waals surface area contributed by atoms with Crippen LogP contribution in [0.3, 0.4) is 0 Å². The van der Waals surface area contributed by atoms with Crippen LogP contribution in [0.1, 0.15) is 79.8 Å². The zero-order valence-corrected chi connectivity index (χ0v) is 13.2. The Kier molecular flexibility index (Phi) is 3.19. The molecule has 2 saturated carbocycles. The normalized spacial score (nSPS) is 27.6. The zero-order valence-electron chi connectivity index (χ0n) is 12.4. The van der Waals surface area contributed by atoms with Crippen molar-refractivity contribution in [2.75, 3.05) is 0 Å². The minimum Gasteiger partial charge on any atom is -0.319 e. The maximum atomic E-state index is 6.69. The SMILES string of the molecule is NC1(c2nc3c(s2)CC2(CCCC2)CC3)CCCCC1. The molecule has 2 fully saturated rings. The number of hydrogen-bond acceptors (Lipinski definition) is 3. The molecule has 0 atom stereocenters.